The van der Waals surface area contributed by atoms with Crippen molar-refractivity contribution in [2.75, 3.05) is 13.2 Å². The summed E-state index contributed by atoms with van der Waals surface area (Å²) in [6.45, 7) is 4.91. The molecule has 2 unspecified atom stereocenters. The van der Waals surface area contributed by atoms with Gasteiger partial charge in [0.05, 0.1) is 25.4 Å². The number of ether oxygens (including phenoxy) is 1. The summed E-state index contributed by atoms with van der Waals surface area (Å²) in [5.74, 6) is -0.0535. The minimum atomic E-state index is -0.843. The number of unbranched alkanes of at least 4 members (excludes halogenated alkanes) is 50. The zero-order chi connectivity index (χ0) is 55.7. The molecule has 6 heteroatoms. The molecule has 0 bridgehead atoms. The normalized spacial score (nSPS) is 12.7. The van der Waals surface area contributed by atoms with E-state index in [1.165, 1.54) is 302 Å². The molecule has 0 aromatic heterocycles. The van der Waals surface area contributed by atoms with Crippen LogP contribution in [0, 0.1) is 0 Å². The Morgan fingerprint density at radius 3 is 1.00 bits per heavy atom. The number of rotatable bonds is 65. The molecule has 0 rings (SSSR count). The Kier molecular flexibility index (Phi) is 64.9. The first-order valence-corrected chi connectivity index (χ1v) is 34.8. The third-order valence-electron chi connectivity index (χ3n) is 16.2. The molecule has 0 fully saturated rings. The average molecular weight is 1080 g/mol. The summed E-state index contributed by atoms with van der Waals surface area (Å²) in [4.78, 5) is 24.6. The fourth-order valence-corrected chi connectivity index (χ4v) is 10.8. The SMILES string of the molecule is CCCCCC/C=C\C/C=C\CCCCCCCCCC(=O)OCCCCCCCCCCCCCCCCCCCCCCCCCCCCC(=O)NC(CO)C(O)/C=C/CCCCCCCCCCCCCCCC. The van der Waals surface area contributed by atoms with Crippen LogP contribution in [0.25, 0.3) is 0 Å². The molecule has 0 aliphatic rings. The van der Waals surface area contributed by atoms with Gasteiger partial charge in [0, 0.05) is 12.8 Å². The van der Waals surface area contributed by atoms with Crippen molar-refractivity contribution in [1.29, 1.82) is 0 Å². The van der Waals surface area contributed by atoms with E-state index >= 15 is 0 Å². The molecule has 0 heterocycles. The first kappa shape index (κ1) is 75.1. The minimum absolute atomic E-state index is 0.00990. The van der Waals surface area contributed by atoms with Gasteiger partial charge in [0.2, 0.25) is 5.91 Å². The summed E-state index contributed by atoms with van der Waals surface area (Å²) < 4.78 is 5.50. The lowest BCUT2D eigenvalue weighted by atomic mass is 10.0. The van der Waals surface area contributed by atoms with Gasteiger partial charge in [-0.2, -0.15) is 0 Å². The zero-order valence-electron chi connectivity index (χ0n) is 52.0. The van der Waals surface area contributed by atoms with E-state index in [9.17, 15) is 19.8 Å². The van der Waals surface area contributed by atoms with Crippen molar-refractivity contribution < 1.29 is 24.5 Å². The molecule has 6 nitrogen and oxygen atoms in total. The lowest BCUT2D eigenvalue weighted by Gasteiger charge is -2.20. The molecule has 77 heavy (non-hydrogen) atoms. The van der Waals surface area contributed by atoms with Crippen LogP contribution in [0.2, 0.25) is 0 Å². The molecule has 2 atom stereocenters. The number of hydrogen-bond acceptors (Lipinski definition) is 5. The van der Waals surface area contributed by atoms with Gasteiger partial charge in [-0.25, -0.2) is 0 Å². The number of amides is 1. The van der Waals surface area contributed by atoms with E-state index in [1.54, 1.807) is 6.08 Å². The van der Waals surface area contributed by atoms with Gasteiger partial charge in [0.1, 0.15) is 0 Å². The summed E-state index contributed by atoms with van der Waals surface area (Å²) in [6, 6.07) is -0.626. The lowest BCUT2D eigenvalue weighted by Crippen LogP contribution is -2.45. The van der Waals surface area contributed by atoms with E-state index in [0.717, 1.165) is 51.4 Å². The highest BCUT2D eigenvalue weighted by atomic mass is 16.5. The van der Waals surface area contributed by atoms with Gasteiger partial charge in [-0.3, -0.25) is 9.59 Å². The molecule has 0 aromatic rings. The second-order valence-corrected chi connectivity index (χ2v) is 23.9. The smallest absolute Gasteiger partial charge is 0.305 e. The van der Waals surface area contributed by atoms with E-state index in [1.807, 2.05) is 6.08 Å². The van der Waals surface area contributed by atoms with Gasteiger partial charge in [-0.05, 0) is 64.2 Å². The van der Waals surface area contributed by atoms with Crippen molar-refractivity contribution in [3.63, 3.8) is 0 Å². The number of allylic oxidation sites excluding steroid dienone is 5. The molecule has 0 spiro atoms. The van der Waals surface area contributed by atoms with Crippen LogP contribution in [0.15, 0.2) is 36.5 Å². The number of carbonyl (C=O) groups is 2. The maximum Gasteiger partial charge on any atom is 0.305 e. The molecule has 1 amide bonds. The molecular formula is C71H135NO5. The first-order chi connectivity index (χ1) is 38.0. The van der Waals surface area contributed by atoms with E-state index in [0.29, 0.717) is 19.4 Å². The van der Waals surface area contributed by atoms with Crippen LogP contribution in [0.3, 0.4) is 0 Å². The third kappa shape index (κ3) is 63.1. The monoisotopic (exact) mass is 1080 g/mol. The van der Waals surface area contributed by atoms with Crippen LogP contribution in [0.1, 0.15) is 380 Å². The molecule has 0 saturated carbocycles. The number of nitrogens with one attached hydrogen (secondary N) is 1. The third-order valence-corrected chi connectivity index (χ3v) is 16.2. The van der Waals surface area contributed by atoms with E-state index < -0.39 is 12.1 Å². The maximum atomic E-state index is 12.5. The van der Waals surface area contributed by atoms with Crippen molar-refractivity contribution in [1.82, 2.24) is 5.32 Å². The predicted octanol–water partition coefficient (Wildman–Crippen LogP) is 22.3. The fraction of sp³-hybridized carbons (Fsp3) is 0.887. The molecule has 454 valence electrons. The first-order valence-electron chi connectivity index (χ1n) is 34.8. The van der Waals surface area contributed by atoms with Gasteiger partial charge in [0.15, 0.2) is 0 Å². The highest BCUT2D eigenvalue weighted by Gasteiger charge is 2.18. The van der Waals surface area contributed by atoms with E-state index in [2.05, 4.69) is 43.5 Å². The highest BCUT2D eigenvalue weighted by molar-refractivity contribution is 5.76. The van der Waals surface area contributed by atoms with Gasteiger partial charge in [0.25, 0.3) is 0 Å². The summed E-state index contributed by atoms with van der Waals surface area (Å²) in [5, 5.41) is 23.2. The topological polar surface area (TPSA) is 95.9 Å². The van der Waals surface area contributed by atoms with E-state index in [-0.39, 0.29) is 18.5 Å². The van der Waals surface area contributed by atoms with E-state index in [4.69, 9.17) is 4.74 Å². The summed E-state index contributed by atoms with van der Waals surface area (Å²) in [7, 11) is 0. The summed E-state index contributed by atoms with van der Waals surface area (Å²) in [6.07, 6.45) is 85.0. The highest BCUT2D eigenvalue weighted by Crippen LogP contribution is 2.18. The van der Waals surface area contributed by atoms with Crippen LogP contribution < -0.4 is 5.32 Å². The Hall–Kier alpha value is -1.92. The van der Waals surface area contributed by atoms with Crippen molar-refractivity contribution in [2.24, 2.45) is 0 Å². The number of aliphatic hydroxyl groups is 2. The van der Waals surface area contributed by atoms with Crippen LogP contribution in [-0.4, -0.2) is 47.4 Å². The van der Waals surface area contributed by atoms with Gasteiger partial charge >= 0.3 is 5.97 Å². The second kappa shape index (κ2) is 66.6. The van der Waals surface area contributed by atoms with Gasteiger partial charge < -0.3 is 20.3 Å². The Balaban J connectivity index is 3.37. The standard InChI is InChI=1S/C71H135NO5/c1-3-5-7-9-11-13-15-17-19-21-33-37-41-45-49-53-57-61-65-71(76)77-66-62-58-54-50-46-42-38-34-31-29-27-25-23-22-24-26-28-30-32-36-40-44-48-52-56-60-64-70(75)72-68(67-73)69(74)63-59-55-51-47-43-39-35-20-18-16-14-12-10-8-6-4-2/h13,15,19,21,59,63,68-69,73-74H,3-12,14,16-18,20,22-58,60-62,64-67H2,1-2H3,(H,72,75)/b15-13-,21-19-,63-59+. The number of carbonyl (C=O) groups excluding carboxylic acids is 2. The quantitative estimate of drug-likeness (QED) is 0.0320. The largest absolute Gasteiger partial charge is 0.466 e. The molecule has 0 aliphatic heterocycles. The fourth-order valence-electron chi connectivity index (χ4n) is 10.8. The molecule has 0 aliphatic carbocycles. The van der Waals surface area contributed by atoms with Crippen LogP contribution in [0.5, 0.6) is 0 Å². The van der Waals surface area contributed by atoms with Crippen LogP contribution in [-0.2, 0) is 14.3 Å². The Labute approximate surface area is 481 Å². The second-order valence-electron chi connectivity index (χ2n) is 23.9. The maximum absolute atomic E-state index is 12.5. The predicted molar refractivity (Wildman–Crippen MR) is 338 cm³/mol. The summed E-state index contributed by atoms with van der Waals surface area (Å²) in [5.41, 5.74) is 0. The van der Waals surface area contributed by atoms with Gasteiger partial charge in [-0.15, -0.1) is 0 Å². The summed E-state index contributed by atoms with van der Waals surface area (Å²) >= 11 is 0. The number of aliphatic hydroxyl groups excluding tert-OH is 2. The number of hydrogen-bond donors (Lipinski definition) is 3. The van der Waals surface area contributed by atoms with Crippen LogP contribution >= 0.6 is 0 Å². The van der Waals surface area contributed by atoms with Crippen molar-refractivity contribution in [3.8, 4) is 0 Å². The van der Waals surface area contributed by atoms with Crippen LogP contribution in [0.4, 0.5) is 0 Å². The average Bonchev–Trinajstić information content (AvgIpc) is 3.43. The van der Waals surface area contributed by atoms with Crippen molar-refractivity contribution >= 4 is 11.9 Å². The molecule has 0 aromatic carbocycles. The Morgan fingerprint density at radius 2 is 0.649 bits per heavy atom. The van der Waals surface area contributed by atoms with Crippen molar-refractivity contribution in [2.45, 2.75) is 392 Å². The Morgan fingerprint density at radius 1 is 0.364 bits per heavy atom. The Bertz CT molecular complexity index is 1250. The minimum Gasteiger partial charge on any atom is -0.466 e. The van der Waals surface area contributed by atoms with Gasteiger partial charge in [-0.1, -0.05) is 339 Å². The number of esters is 1. The molecule has 0 saturated heterocycles. The molecular weight excluding hydrogens is 947 g/mol. The molecule has 3 N–H and O–H groups in total. The zero-order valence-corrected chi connectivity index (χ0v) is 52.0. The lowest BCUT2D eigenvalue weighted by molar-refractivity contribution is -0.143. The molecule has 0 radical (unpaired) electrons. The van der Waals surface area contributed by atoms with Crippen molar-refractivity contribution in [3.05, 3.63) is 36.5 Å².